The Labute approximate surface area is 154 Å². The standard InChI is InChI=1S/C19H17F3N4O/c20-14-3-5-18(6-4-14)27-12-16-9-26(24-23-16)17-10-25(11-17)8-13-1-2-15(21)7-19(13)22/h1-7,9,17H,8,10-12H2. The van der Waals surface area contributed by atoms with E-state index >= 15 is 0 Å². The summed E-state index contributed by atoms with van der Waals surface area (Å²) in [5, 5.41) is 8.19. The van der Waals surface area contributed by atoms with E-state index in [0.29, 0.717) is 36.6 Å². The summed E-state index contributed by atoms with van der Waals surface area (Å²) in [7, 11) is 0. The number of rotatable bonds is 6. The maximum atomic E-state index is 13.7. The molecule has 0 aliphatic carbocycles. The third-order valence-corrected chi connectivity index (χ3v) is 4.48. The van der Waals surface area contributed by atoms with Gasteiger partial charge in [-0.1, -0.05) is 11.3 Å². The Hall–Kier alpha value is -2.87. The van der Waals surface area contributed by atoms with Crippen molar-refractivity contribution in [2.24, 2.45) is 0 Å². The van der Waals surface area contributed by atoms with Crippen LogP contribution >= 0.6 is 0 Å². The number of hydrogen-bond acceptors (Lipinski definition) is 4. The van der Waals surface area contributed by atoms with E-state index in [1.807, 2.05) is 6.20 Å². The van der Waals surface area contributed by atoms with Crippen molar-refractivity contribution in [3.63, 3.8) is 0 Å². The summed E-state index contributed by atoms with van der Waals surface area (Å²) in [5.74, 6) is -0.861. The van der Waals surface area contributed by atoms with Crippen molar-refractivity contribution < 1.29 is 17.9 Å². The van der Waals surface area contributed by atoms with E-state index in [2.05, 4.69) is 15.2 Å². The van der Waals surface area contributed by atoms with Crippen molar-refractivity contribution in [3.8, 4) is 5.75 Å². The van der Waals surface area contributed by atoms with Gasteiger partial charge in [-0.3, -0.25) is 4.90 Å². The number of ether oxygens (including phenoxy) is 1. The third kappa shape index (κ3) is 4.11. The van der Waals surface area contributed by atoms with Crippen molar-refractivity contribution in [1.82, 2.24) is 19.9 Å². The van der Waals surface area contributed by atoms with Crippen molar-refractivity contribution in [3.05, 3.63) is 77.4 Å². The second-order valence-corrected chi connectivity index (χ2v) is 6.52. The fourth-order valence-electron chi connectivity index (χ4n) is 2.98. The van der Waals surface area contributed by atoms with Crippen LogP contribution in [0.5, 0.6) is 5.75 Å². The van der Waals surface area contributed by atoms with Crippen molar-refractivity contribution in [2.75, 3.05) is 13.1 Å². The summed E-state index contributed by atoms with van der Waals surface area (Å²) in [4.78, 5) is 2.05. The molecule has 0 N–H and O–H groups in total. The molecule has 1 fully saturated rings. The lowest BCUT2D eigenvalue weighted by molar-refractivity contribution is 0.0883. The van der Waals surface area contributed by atoms with Crippen LogP contribution in [0.1, 0.15) is 17.3 Å². The van der Waals surface area contributed by atoms with Crippen LogP contribution in [0.15, 0.2) is 48.7 Å². The number of hydrogen-bond donors (Lipinski definition) is 0. The lowest BCUT2D eigenvalue weighted by Crippen LogP contribution is -2.47. The largest absolute Gasteiger partial charge is 0.487 e. The van der Waals surface area contributed by atoms with Crippen molar-refractivity contribution in [2.45, 2.75) is 19.2 Å². The molecule has 0 saturated carbocycles. The highest BCUT2D eigenvalue weighted by molar-refractivity contribution is 5.22. The molecule has 4 rings (SSSR count). The van der Waals surface area contributed by atoms with Crippen LogP contribution in [0, 0.1) is 17.5 Å². The number of nitrogens with zero attached hydrogens (tertiary/aromatic N) is 4. The van der Waals surface area contributed by atoms with E-state index in [1.54, 1.807) is 16.8 Å². The predicted octanol–water partition coefficient (Wildman–Crippen LogP) is 3.33. The third-order valence-electron chi connectivity index (χ3n) is 4.48. The van der Waals surface area contributed by atoms with E-state index in [9.17, 15) is 13.2 Å². The minimum Gasteiger partial charge on any atom is -0.487 e. The second kappa shape index (κ2) is 7.40. The van der Waals surface area contributed by atoms with Gasteiger partial charge in [0.15, 0.2) is 0 Å². The van der Waals surface area contributed by atoms with Gasteiger partial charge in [-0.05, 0) is 30.3 Å². The van der Waals surface area contributed by atoms with Gasteiger partial charge in [0.1, 0.15) is 35.5 Å². The quantitative estimate of drug-likeness (QED) is 0.664. The maximum absolute atomic E-state index is 13.7. The molecule has 5 nitrogen and oxygen atoms in total. The van der Waals surface area contributed by atoms with Crippen LogP contribution in [-0.2, 0) is 13.2 Å². The minimum absolute atomic E-state index is 0.153. The molecule has 8 heteroatoms. The monoisotopic (exact) mass is 374 g/mol. The maximum Gasteiger partial charge on any atom is 0.134 e. The molecule has 1 aromatic heterocycles. The Kier molecular flexibility index (Phi) is 4.81. The average Bonchev–Trinajstić information content (AvgIpc) is 3.07. The molecule has 0 unspecified atom stereocenters. The number of likely N-dealkylation sites (tertiary alicyclic amines) is 1. The molecule has 1 aliphatic heterocycles. The van der Waals surface area contributed by atoms with E-state index in [4.69, 9.17) is 4.74 Å². The van der Waals surface area contributed by atoms with Crippen molar-refractivity contribution in [1.29, 1.82) is 0 Å². The molecular weight excluding hydrogens is 357 g/mol. The van der Waals surface area contributed by atoms with Crippen LogP contribution in [-0.4, -0.2) is 33.0 Å². The molecule has 2 heterocycles. The van der Waals surface area contributed by atoms with Crippen LogP contribution in [0.2, 0.25) is 0 Å². The van der Waals surface area contributed by atoms with Crippen LogP contribution < -0.4 is 4.74 Å². The molecule has 0 amide bonds. The zero-order valence-corrected chi connectivity index (χ0v) is 14.4. The van der Waals surface area contributed by atoms with Gasteiger partial charge in [0.05, 0.1) is 12.2 Å². The van der Waals surface area contributed by atoms with Gasteiger partial charge in [-0.15, -0.1) is 5.10 Å². The Morgan fingerprint density at radius 2 is 1.74 bits per heavy atom. The van der Waals surface area contributed by atoms with Crippen LogP contribution in [0.25, 0.3) is 0 Å². The number of halogens is 3. The number of benzene rings is 2. The lowest BCUT2D eigenvalue weighted by atomic mass is 10.1. The van der Waals surface area contributed by atoms with Gasteiger partial charge in [0, 0.05) is 31.3 Å². The zero-order valence-electron chi connectivity index (χ0n) is 14.4. The fourth-order valence-corrected chi connectivity index (χ4v) is 2.98. The molecule has 0 spiro atoms. The first-order valence-electron chi connectivity index (χ1n) is 8.52. The van der Waals surface area contributed by atoms with Crippen LogP contribution in [0.3, 0.4) is 0 Å². The predicted molar refractivity (Wildman–Crippen MR) is 91.4 cm³/mol. The normalized spacial score (nSPS) is 14.9. The van der Waals surface area contributed by atoms with E-state index in [-0.39, 0.29) is 18.5 Å². The first-order chi connectivity index (χ1) is 13.1. The fraction of sp³-hybridized carbons (Fsp3) is 0.263. The topological polar surface area (TPSA) is 43.2 Å². The lowest BCUT2D eigenvalue weighted by Gasteiger charge is -2.38. The highest BCUT2D eigenvalue weighted by Gasteiger charge is 2.29. The van der Waals surface area contributed by atoms with Gasteiger partial charge < -0.3 is 4.74 Å². The molecule has 27 heavy (non-hydrogen) atoms. The minimum atomic E-state index is -0.573. The van der Waals surface area contributed by atoms with E-state index < -0.39 is 11.6 Å². The summed E-state index contributed by atoms with van der Waals surface area (Å²) in [5.41, 5.74) is 1.14. The number of aromatic nitrogens is 3. The highest BCUT2D eigenvalue weighted by Crippen LogP contribution is 2.24. The summed E-state index contributed by atoms with van der Waals surface area (Å²) in [6.45, 7) is 2.08. The summed E-state index contributed by atoms with van der Waals surface area (Å²) < 4.78 is 46.9. The first-order valence-corrected chi connectivity index (χ1v) is 8.52. The molecule has 0 atom stereocenters. The van der Waals surface area contributed by atoms with Crippen LogP contribution in [0.4, 0.5) is 13.2 Å². The molecular formula is C19H17F3N4O. The molecule has 2 aromatic carbocycles. The second-order valence-electron chi connectivity index (χ2n) is 6.52. The summed E-state index contributed by atoms with van der Waals surface area (Å²) in [6.07, 6.45) is 1.81. The Bertz CT molecular complexity index is 923. The smallest absolute Gasteiger partial charge is 0.134 e. The van der Waals surface area contributed by atoms with E-state index in [0.717, 1.165) is 6.07 Å². The van der Waals surface area contributed by atoms with Gasteiger partial charge in [-0.2, -0.15) is 0 Å². The molecule has 0 bridgehead atoms. The molecule has 0 radical (unpaired) electrons. The zero-order chi connectivity index (χ0) is 18.8. The SMILES string of the molecule is Fc1ccc(OCc2cn(C3CN(Cc4ccc(F)cc4F)C3)nn2)cc1. The van der Waals surface area contributed by atoms with Gasteiger partial charge in [0.2, 0.25) is 0 Å². The molecule has 140 valence electrons. The summed E-state index contributed by atoms with van der Waals surface area (Å²) in [6, 6.07) is 9.56. The van der Waals surface area contributed by atoms with Gasteiger partial charge >= 0.3 is 0 Å². The van der Waals surface area contributed by atoms with Crippen molar-refractivity contribution >= 4 is 0 Å². The Balaban J connectivity index is 1.28. The van der Waals surface area contributed by atoms with Gasteiger partial charge in [0.25, 0.3) is 0 Å². The first kappa shape index (κ1) is 17.5. The average molecular weight is 374 g/mol. The Morgan fingerprint density at radius 1 is 1.00 bits per heavy atom. The summed E-state index contributed by atoms with van der Waals surface area (Å²) >= 11 is 0. The van der Waals surface area contributed by atoms with E-state index in [1.165, 1.54) is 24.3 Å². The Morgan fingerprint density at radius 3 is 2.48 bits per heavy atom. The highest BCUT2D eigenvalue weighted by atomic mass is 19.1. The molecule has 1 saturated heterocycles. The van der Waals surface area contributed by atoms with Gasteiger partial charge in [-0.25, -0.2) is 17.9 Å². The molecule has 3 aromatic rings. The molecule has 1 aliphatic rings.